The molecule has 0 amide bonds. The summed E-state index contributed by atoms with van der Waals surface area (Å²) in [4.78, 5) is 25.6. The smallest absolute Gasteiger partial charge is 0.337 e. The number of ether oxygens (including phenoxy) is 2. The van der Waals surface area contributed by atoms with Gasteiger partial charge in [-0.15, -0.1) is 11.3 Å². The van der Waals surface area contributed by atoms with Crippen molar-refractivity contribution in [1.82, 2.24) is 0 Å². The van der Waals surface area contributed by atoms with Gasteiger partial charge in [-0.3, -0.25) is 4.79 Å². The minimum Gasteiger partial charge on any atom is -0.478 e. The molecule has 0 atom stereocenters. The molecule has 118 valence electrons. The second-order valence-corrected chi connectivity index (χ2v) is 7.50. The molecule has 2 fully saturated rings. The number of carbonyl (C=O) groups excluding carboxylic acids is 1. The first kappa shape index (κ1) is 14.4. The summed E-state index contributed by atoms with van der Waals surface area (Å²) in [5, 5.41) is 9.62. The molecule has 3 aliphatic rings. The summed E-state index contributed by atoms with van der Waals surface area (Å²) in [5.41, 5.74) is 1.15. The molecule has 1 N–H and O–H groups in total. The number of fused-ring (bicyclic) bond motifs is 1. The Hall–Kier alpha value is -1.24. The predicted octanol–water partition coefficient (Wildman–Crippen LogP) is 2.20. The average Bonchev–Trinajstić information content (AvgIpc) is 3.15. The van der Waals surface area contributed by atoms with Gasteiger partial charge in [0.1, 0.15) is 5.78 Å². The van der Waals surface area contributed by atoms with Gasteiger partial charge in [-0.2, -0.15) is 0 Å². The SMILES string of the molecule is O=C(O)c1c(CC(=O)C2CC2)sc2c1CC1(CC2)OCCO1. The minimum atomic E-state index is -0.939. The number of carbonyl (C=O) groups is 2. The highest BCUT2D eigenvalue weighted by Crippen LogP contribution is 2.42. The lowest BCUT2D eigenvalue weighted by atomic mass is 9.89. The number of rotatable bonds is 4. The maximum absolute atomic E-state index is 12.1. The van der Waals surface area contributed by atoms with Gasteiger partial charge >= 0.3 is 5.97 Å². The molecular weight excluding hydrogens is 304 g/mol. The lowest BCUT2D eigenvalue weighted by Gasteiger charge is -2.31. The molecule has 1 aliphatic heterocycles. The van der Waals surface area contributed by atoms with E-state index in [9.17, 15) is 14.7 Å². The highest BCUT2D eigenvalue weighted by atomic mass is 32.1. The molecule has 0 radical (unpaired) electrons. The lowest BCUT2D eigenvalue weighted by Crippen LogP contribution is -2.37. The van der Waals surface area contributed by atoms with Gasteiger partial charge in [0.15, 0.2) is 5.79 Å². The van der Waals surface area contributed by atoms with E-state index >= 15 is 0 Å². The molecule has 1 aromatic heterocycles. The molecule has 6 heteroatoms. The van der Waals surface area contributed by atoms with Crippen LogP contribution in [0.2, 0.25) is 0 Å². The summed E-state index contributed by atoms with van der Waals surface area (Å²) in [6.07, 6.45) is 4.18. The van der Waals surface area contributed by atoms with Crippen LogP contribution >= 0.6 is 11.3 Å². The fourth-order valence-electron chi connectivity index (χ4n) is 3.44. The molecule has 0 unspecified atom stereocenters. The molecule has 22 heavy (non-hydrogen) atoms. The summed E-state index contributed by atoms with van der Waals surface area (Å²) < 4.78 is 11.5. The van der Waals surface area contributed by atoms with E-state index in [1.165, 1.54) is 11.3 Å². The highest BCUT2D eigenvalue weighted by Gasteiger charge is 2.43. The van der Waals surface area contributed by atoms with Crippen molar-refractivity contribution in [2.75, 3.05) is 13.2 Å². The van der Waals surface area contributed by atoms with E-state index in [2.05, 4.69) is 0 Å². The fourth-order valence-corrected chi connectivity index (χ4v) is 4.77. The number of Topliss-reactive ketones (excluding diaryl/α,β-unsaturated/α-hetero) is 1. The molecule has 0 aromatic carbocycles. The largest absolute Gasteiger partial charge is 0.478 e. The van der Waals surface area contributed by atoms with Gasteiger partial charge in [0.05, 0.1) is 18.8 Å². The summed E-state index contributed by atoms with van der Waals surface area (Å²) in [6, 6.07) is 0. The standard InChI is InChI=1S/C16H18O5S/c17-11(9-1-2-9)7-13-14(15(18)19)10-8-16(20-5-6-21-16)4-3-12(10)22-13/h9H,1-8H2,(H,18,19). The topological polar surface area (TPSA) is 72.8 Å². The lowest BCUT2D eigenvalue weighted by molar-refractivity contribution is -0.163. The Morgan fingerprint density at radius 2 is 2.00 bits per heavy atom. The van der Waals surface area contributed by atoms with E-state index in [-0.39, 0.29) is 18.1 Å². The van der Waals surface area contributed by atoms with Gasteiger partial charge in [-0.05, 0) is 24.8 Å². The Morgan fingerprint density at radius 3 is 2.64 bits per heavy atom. The molecule has 1 spiro atoms. The van der Waals surface area contributed by atoms with E-state index in [0.717, 1.165) is 36.1 Å². The van der Waals surface area contributed by atoms with Crippen LogP contribution < -0.4 is 0 Å². The van der Waals surface area contributed by atoms with Gasteiger partial charge in [-0.25, -0.2) is 4.79 Å². The minimum absolute atomic E-state index is 0.161. The Bertz CT molecular complexity index is 637. The first-order valence-electron chi connectivity index (χ1n) is 7.75. The van der Waals surface area contributed by atoms with Crippen LogP contribution in [0.3, 0.4) is 0 Å². The zero-order valence-corrected chi connectivity index (χ0v) is 13.0. The first-order valence-corrected chi connectivity index (χ1v) is 8.57. The number of carboxylic acids is 1. The van der Waals surface area contributed by atoms with Crippen LogP contribution in [-0.4, -0.2) is 35.9 Å². The molecule has 4 rings (SSSR count). The maximum atomic E-state index is 12.1. The zero-order valence-electron chi connectivity index (χ0n) is 12.2. The number of ketones is 1. The van der Waals surface area contributed by atoms with Crippen molar-refractivity contribution in [2.24, 2.45) is 5.92 Å². The Morgan fingerprint density at radius 1 is 1.27 bits per heavy atom. The number of hydrogen-bond acceptors (Lipinski definition) is 5. The van der Waals surface area contributed by atoms with Gasteiger partial charge in [0, 0.05) is 34.9 Å². The van der Waals surface area contributed by atoms with E-state index in [0.29, 0.717) is 30.1 Å². The first-order chi connectivity index (χ1) is 10.6. The van der Waals surface area contributed by atoms with Crippen LogP contribution in [0, 0.1) is 5.92 Å². The second kappa shape index (κ2) is 5.15. The molecule has 5 nitrogen and oxygen atoms in total. The van der Waals surface area contributed by atoms with Crippen molar-refractivity contribution in [3.63, 3.8) is 0 Å². The molecule has 0 bridgehead atoms. The second-order valence-electron chi connectivity index (χ2n) is 6.31. The van der Waals surface area contributed by atoms with Crippen LogP contribution in [0.5, 0.6) is 0 Å². The Balaban J connectivity index is 1.67. The van der Waals surface area contributed by atoms with Gasteiger partial charge in [0.2, 0.25) is 0 Å². The number of hydrogen-bond donors (Lipinski definition) is 1. The van der Waals surface area contributed by atoms with Crippen molar-refractivity contribution >= 4 is 23.1 Å². The zero-order chi connectivity index (χ0) is 15.3. The quantitative estimate of drug-likeness (QED) is 0.920. The molecule has 2 heterocycles. The number of thiophene rings is 1. The van der Waals surface area contributed by atoms with Crippen molar-refractivity contribution in [3.8, 4) is 0 Å². The summed E-state index contributed by atoms with van der Waals surface area (Å²) in [6.45, 7) is 1.13. The van der Waals surface area contributed by atoms with Crippen molar-refractivity contribution < 1.29 is 24.2 Å². The molecule has 2 aliphatic carbocycles. The van der Waals surface area contributed by atoms with Crippen LogP contribution in [0.4, 0.5) is 0 Å². The van der Waals surface area contributed by atoms with Crippen molar-refractivity contribution in [3.05, 3.63) is 20.9 Å². The molecule has 1 saturated carbocycles. The third-order valence-corrected chi connectivity index (χ3v) is 6.03. The maximum Gasteiger partial charge on any atom is 0.337 e. The molecule has 1 aromatic rings. The van der Waals surface area contributed by atoms with E-state index in [1.54, 1.807) is 0 Å². The predicted molar refractivity (Wildman–Crippen MR) is 79.4 cm³/mol. The van der Waals surface area contributed by atoms with Crippen molar-refractivity contribution in [1.29, 1.82) is 0 Å². The van der Waals surface area contributed by atoms with Crippen molar-refractivity contribution in [2.45, 2.75) is 44.3 Å². The number of carboxylic acid groups (broad SMARTS) is 1. The summed E-state index contributed by atoms with van der Waals surface area (Å²) >= 11 is 1.49. The highest BCUT2D eigenvalue weighted by molar-refractivity contribution is 7.12. The Kier molecular flexibility index (Phi) is 3.36. The van der Waals surface area contributed by atoms with E-state index in [4.69, 9.17) is 9.47 Å². The Labute approximate surface area is 132 Å². The van der Waals surface area contributed by atoms with Gasteiger partial charge in [-0.1, -0.05) is 0 Å². The third-order valence-electron chi connectivity index (χ3n) is 4.74. The summed E-state index contributed by atoms with van der Waals surface area (Å²) in [7, 11) is 0. The number of aromatic carboxylic acids is 1. The van der Waals surface area contributed by atoms with Crippen LogP contribution in [0.15, 0.2) is 0 Å². The normalized spacial score (nSPS) is 22.7. The number of aryl methyl sites for hydroxylation is 1. The average molecular weight is 322 g/mol. The van der Waals surface area contributed by atoms with Crippen LogP contribution in [-0.2, 0) is 33.5 Å². The van der Waals surface area contributed by atoms with Crippen LogP contribution in [0.1, 0.15) is 44.9 Å². The van der Waals surface area contributed by atoms with Gasteiger partial charge < -0.3 is 14.6 Å². The molecule has 1 saturated heterocycles. The monoisotopic (exact) mass is 322 g/mol. The van der Waals surface area contributed by atoms with E-state index < -0.39 is 11.8 Å². The van der Waals surface area contributed by atoms with E-state index in [1.807, 2.05) is 0 Å². The third kappa shape index (κ3) is 2.39. The van der Waals surface area contributed by atoms with Crippen LogP contribution in [0.25, 0.3) is 0 Å². The van der Waals surface area contributed by atoms with Gasteiger partial charge in [0.25, 0.3) is 0 Å². The summed E-state index contributed by atoms with van der Waals surface area (Å²) in [5.74, 6) is -1.24. The molecular formula is C16H18O5S. The fraction of sp³-hybridized carbons (Fsp3) is 0.625.